The lowest BCUT2D eigenvalue weighted by molar-refractivity contribution is 0.0923. The van der Waals surface area contributed by atoms with Crippen LogP contribution in [0.15, 0.2) is 53.3 Å². The van der Waals surface area contributed by atoms with E-state index in [9.17, 15) is 14.7 Å². The molecule has 142 valence electrons. The molecule has 0 fully saturated rings. The summed E-state index contributed by atoms with van der Waals surface area (Å²) in [6.45, 7) is 4.32. The number of aromatic nitrogens is 2. The molecule has 3 aromatic rings. The van der Waals surface area contributed by atoms with Crippen LogP contribution in [-0.2, 0) is 13.1 Å². The van der Waals surface area contributed by atoms with Crippen molar-refractivity contribution in [2.45, 2.75) is 39.5 Å². The van der Waals surface area contributed by atoms with Crippen LogP contribution in [0.3, 0.4) is 0 Å². The Morgan fingerprint density at radius 3 is 2.48 bits per heavy atom. The highest BCUT2D eigenvalue weighted by atomic mass is 16.5. The van der Waals surface area contributed by atoms with Gasteiger partial charge in [-0.15, -0.1) is 0 Å². The van der Waals surface area contributed by atoms with Crippen LogP contribution < -0.4 is 10.4 Å². The van der Waals surface area contributed by atoms with Crippen LogP contribution >= 0.6 is 0 Å². The summed E-state index contributed by atoms with van der Waals surface area (Å²) in [6, 6.07) is 14.4. The van der Waals surface area contributed by atoms with E-state index < -0.39 is 6.10 Å². The third-order valence-electron chi connectivity index (χ3n) is 4.45. The molecule has 0 unspecified atom stereocenters. The number of rotatable bonds is 8. The van der Waals surface area contributed by atoms with Gasteiger partial charge < -0.3 is 9.84 Å². The number of carbonyl (C=O) groups excluding carboxylic acids is 1. The summed E-state index contributed by atoms with van der Waals surface area (Å²) in [5.41, 5.74) is 2.09. The van der Waals surface area contributed by atoms with Crippen LogP contribution in [-0.4, -0.2) is 32.7 Å². The van der Waals surface area contributed by atoms with E-state index in [1.807, 2.05) is 31.2 Å². The SMILES string of the molecule is CCCn1c(=O)n(C[C@H](O)COc2cccc(C(C)=O)c2)c2ccccc21. The highest BCUT2D eigenvalue weighted by Gasteiger charge is 2.16. The van der Waals surface area contributed by atoms with Gasteiger partial charge in [0.05, 0.1) is 17.6 Å². The number of aryl methyl sites for hydroxylation is 1. The summed E-state index contributed by atoms with van der Waals surface area (Å²) in [6.07, 6.45) is -0.00364. The molecule has 0 radical (unpaired) electrons. The number of carbonyl (C=O) groups is 1. The minimum Gasteiger partial charge on any atom is -0.491 e. The van der Waals surface area contributed by atoms with Crippen LogP contribution in [0.25, 0.3) is 11.0 Å². The van der Waals surface area contributed by atoms with Crippen LogP contribution in [0.2, 0.25) is 0 Å². The maximum atomic E-state index is 12.7. The van der Waals surface area contributed by atoms with Crippen molar-refractivity contribution in [3.05, 3.63) is 64.6 Å². The number of ether oxygens (including phenoxy) is 1. The molecule has 1 aromatic heterocycles. The molecule has 6 heteroatoms. The molecule has 0 aliphatic heterocycles. The van der Waals surface area contributed by atoms with Crippen molar-refractivity contribution < 1.29 is 14.6 Å². The van der Waals surface area contributed by atoms with E-state index in [1.54, 1.807) is 33.4 Å². The second kappa shape index (κ2) is 8.22. The van der Waals surface area contributed by atoms with Gasteiger partial charge in [-0.2, -0.15) is 0 Å². The fourth-order valence-corrected chi connectivity index (χ4v) is 3.15. The zero-order valence-electron chi connectivity index (χ0n) is 15.6. The van der Waals surface area contributed by atoms with Crippen molar-refractivity contribution in [2.24, 2.45) is 0 Å². The summed E-state index contributed by atoms with van der Waals surface area (Å²) in [5, 5.41) is 10.4. The number of nitrogens with zero attached hydrogens (tertiary/aromatic N) is 2. The molecule has 27 heavy (non-hydrogen) atoms. The van der Waals surface area contributed by atoms with Crippen molar-refractivity contribution in [1.29, 1.82) is 0 Å². The lowest BCUT2D eigenvalue weighted by Gasteiger charge is -2.13. The summed E-state index contributed by atoms with van der Waals surface area (Å²) in [7, 11) is 0. The molecule has 1 heterocycles. The molecule has 3 rings (SSSR count). The van der Waals surface area contributed by atoms with Gasteiger partial charge in [-0.25, -0.2) is 4.79 Å². The van der Waals surface area contributed by atoms with Crippen molar-refractivity contribution in [3.8, 4) is 5.75 Å². The molecule has 0 bridgehead atoms. The third-order valence-corrected chi connectivity index (χ3v) is 4.45. The molecule has 0 amide bonds. The minimum atomic E-state index is -0.857. The van der Waals surface area contributed by atoms with Gasteiger partial charge in [0, 0.05) is 12.1 Å². The maximum Gasteiger partial charge on any atom is 0.329 e. The quantitative estimate of drug-likeness (QED) is 0.621. The number of aliphatic hydroxyl groups excluding tert-OH is 1. The van der Waals surface area contributed by atoms with E-state index in [4.69, 9.17) is 4.74 Å². The molecule has 1 N–H and O–H groups in total. The Bertz CT molecular complexity index is 1000. The number of Topliss-reactive ketones (excluding diaryl/α,β-unsaturated/α-hetero) is 1. The number of fused-ring (bicyclic) bond motifs is 1. The normalized spacial score (nSPS) is 12.3. The number of imidazole rings is 1. The fraction of sp³-hybridized carbons (Fsp3) is 0.333. The van der Waals surface area contributed by atoms with Gasteiger partial charge in [0.15, 0.2) is 5.78 Å². The molecule has 6 nitrogen and oxygen atoms in total. The standard InChI is InChI=1S/C21H24N2O4/c1-3-11-22-19-9-4-5-10-20(19)23(21(22)26)13-17(25)14-27-18-8-6-7-16(12-18)15(2)24/h4-10,12,17,25H,3,11,13-14H2,1-2H3/t17-/m0/s1. The van der Waals surface area contributed by atoms with Crippen LogP contribution in [0.4, 0.5) is 0 Å². The summed E-state index contributed by atoms with van der Waals surface area (Å²) in [5.74, 6) is 0.471. The Morgan fingerprint density at radius 2 is 1.81 bits per heavy atom. The molecule has 2 aromatic carbocycles. The topological polar surface area (TPSA) is 73.5 Å². The van der Waals surface area contributed by atoms with Crippen LogP contribution in [0.5, 0.6) is 5.75 Å². The number of benzene rings is 2. The predicted molar refractivity (Wildman–Crippen MR) is 104 cm³/mol. The van der Waals surface area contributed by atoms with E-state index in [0.29, 0.717) is 17.9 Å². The van der Waals surface area contributed by atoms with Crippen molar-refractivity contribution in [3.63, 3.8) is 0 Å². The number of ketones is 1. The minimum absolute atomic E-state index is 0.0289. The number of para-hydroxylation sites is 2. The fourth-order valence-electron chi connectivity index (χ4n) is 3.15. The second-order valence-electron chi connectivity index (χ2n) is 6.58. The van der Waals surface area contributed by atoms with Gasteiger partial charge in [0.1, 0.15) is 18.5 Å². The Hall–Kier alpha value is -2.86. The van der Waals surface area contributed by atoms with Crippen molar-refractivity contribution in [2.75, 3.05) is 6.61 Å². The van der Waals surface area contributed by atoms with E-state index in [-0.39, 0.29) is 24.6 Å². The van der Waals surface area contributed by atoms with Gasteiger partial charge in [-0.3, -0.25) is 13.9 Å². The average Bonchev–Trinajstić information content (AvgIpc) is 2.93. The summed E-state index contributed by atoms with van der Waals surface area (Å²) in [4.78, 5) is 24.2. The first-order valence-electron chi connectivity index (χ1n) is 9.11. The van der Waals surface area contributed by atoms with Crippen LogP contribution in [0, 0.1) is 0 Å². The first-order chi connectivity index (χ1) is 13.0. The lowest BCUT2D eigenvalue weighted by atomic mass is 10.1. The molecule has 0 spiro atoms. The Labute approximate surface area is 157 Å². The first-order valence-corrected chi connectivity index (χ1v) is 9.11. The average molecular weight is 368 g/mol. The molecular weight excluding hydrogens is 344 g/mol. The zero-order chi connectivity index (χ0) is 19.4. The van der Waals surface area contributed by atoms with Crippen molar-refractivity contribution in [1.82, 2.24) is 9.13 Å². The molecular formula is C21H24N2O4. The summed E-state index contributed by atoms with van der Waals surface area (Å²) >= 11 is 0. The third kappa shape index (κ3) is 4.11. The van der Waals surface area contributed by atoms with Gasteiger partial charge >= 0.3 is 5.69 Å². The highest BCUT2D eigenvalue weighted by molar-refractivity contribution is 5.94. The lowest BCUT2D eigenvalue weighted by Crippen LogP contribution is -2.31. The Morgan fingerprint density at radius 1 is 1.11 bits per heavy atom. The highest BCUT2D eigenvalue weighted by Crippen LogP contribution is 2.16. The number of hydrogen-bond donors (Lipinski definition) is 1. The zero-order valence-corrected chi connectivity index (χ0v) is 15.6. The molecule has 0 aliphatic carbocycles. The Kier molecular flexibility index (Phi) is 5.76. The van der Waals surface area contributed by atoms with E-state index in [0.717, 1.165) is 17.5 Å². The first kappa shape index (κ1) is 18.9. The predicted octanol–water partition coefficient (Wildman–Crippen LogP) is 2.86. The largest absolute Gasteiger partial charge is 0.491 e. The summed E-state index contributed by atoms with van der Waals surface area (Å²) < 4.78 is 8.94. The Balaban J connectivity index is 1.76. The van der Waals surface area contributed by atoms with Crippen molar-refractivity contribution >= 4 is 16.8 Å². The second-order valence-corrected chi connectivity index (χ2v) is 6.58. The van der Waals surface area contributed by atoms with Gasteiger partial charge in [-0.05, 0) is 37.6 Å². The monoisotopic (exact) mass is 368 g/mol. The smallest absolute Gasteiger partial charge is 0.329 e. The molecule has 0 saturated carbocycles. The molecule has 0 saturated heterocycles. The van der Waals surface area contributed by atoms with E-state index >= 15 is 0 Å². The van der Waals surface area contributed by atoms with Crippen LogP contribution in [0.1, 0.15) is 30.6 Å². The van der Waals surface area contributed by atoms with E-state index in [1.165, 1.54) is 6.92 Å². The number of hydrogen-bond acceptors (Lipinski definition) is 4. The van der Waals surface area contributed by atoms with Gasteiger partial charge in [0.2, 0.25) is 0 Å². The number of aliphatic hydroxyl groups is 1. The molecule has 0 aliphatic rings. The van der Waals surface area contributed by atoms with E-state index in [2.05, 4.69) is 0 Å². The maximum absolute atomic E-state index is 12.7. The van der Waals surface area contributed by atoms with Gasteiger partial charge in [-0.1, -0.05) is 31.2 Å². The van der Waals surface area contributed by atoms with Gasteiger partial charge in [0.25, 0.3) is 0 Å². The molecule has 1 atom stereocenters.